The molecule has 0 saturated carbocycles. The number of hydrogen-bond donors (Lipinski definition) is 1. The smallest absolute Gasteiger partial charge is 0.404 e. The Labute approximate surface area is 129 Å². The number of benzene rings is 1. The highest BCUT2D eigenvalue weighted by Crippen LogP contribution is 2.20. The molecule has 5 nitrogen and oxygen atoms in total. The molecule has 2 rings (SSSR count). The van der Waals surface area contributed by atoms with Crippen LogP contribution in [0.4, 0.5) is 4.79 Å². The van der Waals surface area contributed by atoms with E-state index >= 15 is 0 Å². The van der Waals surface area contributed by atoms with Crippen LogP contribution in [0.5, 0.6) is 0 Å². The Hall–Kier alpha value is -1.24. The van der Waals surface area contributed by atoms with E-state index in [0.29, 0.717) is 0 Å². The summed E-state index contributed by atoms with van der Waals surface area (Å²) in [5, 5.41) is 0. The third-order valence-corrected chi connectivity index (χ3v) is 4.48. The van der Waals surface area contributed by atoms with Crippen LogP contribution in [0.1, 0.15) is 6.42 Å². The van der Waals surface area contributed by atoms with Crippen LogP contribution in [0.25, 0.3) is 0 Å². The first-order chi connectivity index (χ1) is 10.2. The van der Waals surface area contributed by atoms with E-state index in [-0.39, 0.29) is 6.10 Å². The van der Waals surface area contributed by atoms with Gasteiger partial charge in [-0.2, -0.15) is 0 Å². The lowest BCUT2D eigenvalue weighted by Gasteiger charge is -2.28. The topological polar surface area (TPSA) is 64.8 Å². The summed E-state index contributed by atoms with van der Waals surface area (Å²) >= 11 is 1.68. The first kappa shape index (κ1) is 16.1. The van der Waals surface area contributed by atoms with Gasteiger partial charge in [-0.25, -0.2) is 4.79 Å². The molecule has 1 unspecified atom stereocenters. The van der Waals surface area contributed by atoms with Crippen molar-refractivity contribution in [1.29, 1.82) is 0 Å². The molecular weight excluding hydrogens is 288 g/mol. The molecule has 0 aromatic heterocycles. The number of amides is 1. The zero-order valence-corrected chi connectivity index (χ0v) is 12.9. The van der Waals surface area contributed by atoms with Gasteiger partial charge in [0.1, 0.15) is 6.10 Å². The molecule has 1 saturated heterocycles. The number of thioether (sulfide) groups is 1. The van der Waals surface area contributed by atoms with Crippen molar-refractivity contribution in [2.75, 3.05) is 38.6 Å². The molecule has 1 aromatic rings. The highest BCUT2D eigenvalue weighted by atomic mass is 32.2. The van der Waals surface area contributed by atoms with Gasteiger partial charge in [-0.15, -0.1) is 11.8 Å². The second kappa shape index (κ2) is 8.92. The molecule has 116 valence electrons. The molecule has 0 aliphatic carbocycles. The molecule has 0 radical (unpaired) electrons. The predicted molar refractivity (Wildman–Crippen MR) is 83.5 cm³/mol. The number of hydrogen-bond acceptors (Lipinski definition) is 5. The maximum atomic E-state index is 11.0. The van der Waals surface area contributed by atoms with Crippen molar-refractivity contribution in [2.24, 2.45) is 5.73 Å². The summed E-state index contributed by atoms with van der Waals surface area (Å²) < 4.78 is 10.5. The molecule has 21 heavy (non-hydrogen) atoms. The van der Waals surface area contributed by atoms with Crippen molar-refractivity contribution in [3.63, 3.8) is 0 Å². The molecular formula is C15H22N2O3S. The number of ether oxygens (including phenoxy) is 2. The number of carbonyl (C=O) groups is 1. The molecule has 1 aliphatic heterocycles. The summed E-state index contributed by atoms with van der Waals surface area (Å²) in [6, 6.07) is 10.1. The number of primary amides is 1. The van der Waals surface area contributed by atoms with Gasteiger partial charge in [-0.05, 0) is 18.6 Å². The highest BCUT2D eigenvalue weighted by molar-refractivity contribution is 7.99. The normalized spacial score (nSPS) is 17.3. The second-order valence-electron chi connectivity index (χ2n) is 4.93. The van der Waals surface area contributed by atoms with Crippen LogP contribution in [-0.4, -0.2) is 55.7 Å². The Morgan fingerprint density at radius 1 is 1.33 bits per heavy atom. The van der Waals surface area contributed by atoms with Crippen LogP contribution in [0, 0.1) is 0 Å². The van der Waals surface area contributed by atoms with Crippen molar-refractivity contribution < 1.29 is 14.3 Å². The number of nitrogens with two attached hydrogens (primary N) is 1. The van der Waals surface area contributed by atoms with Gasteiger partial charge in [0.2, 0.25) is 0 Å². The van der Waals surface area contributed by atoms with E-state index in [2.05, 4.69) is 4.90 Å². The van der Waals surface area contributed by atoms with E-state index in [9.17, 15) is 4.79 Å². The zero-order chi connectivity index (χ0) is 14.9. The summed E-state index contributed by atoms with van der Waals surface area (Å²) in [4.78, 5) is 14.5. The summed E-state index contributed by atoms with van der Waals surface area (Å²) in [6.45, 7) is 4.33. The zero-order valence-electron chi connectivity index (χ0n) is 12.1. The second-order valence-corrected chi connectivity index (χ2v) is 6.02. The van der Waals surface area contributed by atoms with Gasteiger partial charge in [0.25, 0.3) is 0 Å². The first-order valence-electron chi connectivity index (χ1n) is 7.18. The van der Waals surface area contributed by atoms with Gasteiger partial charge < -0.3 is 15.2 Å². The molecule has 6 heteroatoms. The Kier molecular flexibility index (Phi) is 6.85. The number of rotatable bonds is 7. The van der Waals surface area contributed by atoms with Crippen LogP contribution in [0.2, 0.25) is 0 Å². The fraction of sp³-hybridized carbons (Fsp3) is 0.533. The van der Waals surface area contributed by atoms with Gasteiger partial charge in [0, 0.05) is 30.3 Å². The minimum Gasteiger partial charge on any atom is -0.445 e. The number of morpholine rings is 1. The summed E-state index contributed by atoms with van der Waals surface area (Å²) in [6.07, 6.45) is -0.0610. The van der Waals surface area contributed by atoms with E-state index in [1.807, 2.05) is 30.3 Å². The van der Waals surface area contributed by atoms with Gasteiger partial charge in [0.15, 0.2) is 0 Å². The monoisotopic (exact) mass is 310 g/mol. The van der Waals surface area contributed by atoms with Crippen molar-refractivity contribution in [3.8, 4) is 0 Å². The molecule has 1 heterocycles. The van der Waals surface area contributed by atoms with Crippen LogP contribution in [0.15, 0.2) is 35.2 Å². The quantitative estimate of drug-likeness (QED) is 0.780. The summed E-state index contributed by atoms with van der Waals surface area (Å²) in [5.41, 5.74) is 5.17. The van der Waals surface area contributed by atoms with E-state index in [4.69, 9.17) is 15.2 Å². The van der Waals surface area contributed by atoms with E-state index in [1.165, 1.54) is 4.90 Å². The Balaban J connectivity index is 1.77. The molecule has 0 bridgehead atoms. The lowest BCUT2D eigenvalue weighted by Crippen LogP contribution is -2.39. The molecule has 1 atom stereocenters. The minimum absolute atomic E-state index is 0.157. The predicted octanol–water partition coefficient (Wildman–Crippen LogP) is 1.96. The van der Waals surface area contributed by atoms with Gasteiger partial charge in [0.05, 0.1) is 13.2 Å². The van der Waals surface area contributed by atoms with Crippen LogP contribution in [-0.2, 0) is 9.47 Å². The van der Waals surface area contributed by atoms with E-state index in [1.54, 1.807) is 11.8 Å². The van der Waals surface area contributed by atoms with Crippen molar-refractivity contribution >= 4 is 17.9 Å². The van der Waals surface area contributed by atoms with Gasteiger partial charge in [-0.3, -0.25) is 4.90 Å². The number of carbonyl (C=O) groups excluding carboxylic acids is 1. The third kappa shape index (κ3) is 6.37. The highest BCUT2D eigenvalue weighted by Gasteiger charge is 2.17. The fourth-order valence-electron chi connectivity index (χ4n) is 2.20. The van der Waals surface area contributed by atoms with E-state index < -0.39 is 6.09 Å². The van der Waals surface area contributed by atoms with Crippen molar-refractivity contribution in [3.05, 3.63) is 30.3 Å². The fourth-order valence-corrected chi connectivity index (χ4v) is 3.16. The first-order valence-corrected chi connectivity index (χ1v) is 8.16. The maximum absolute atomic E-state index is 11.0. The Morgan fingerprint density at radius 2 is 2.05 bits per heavy atom. The molecule has 1 fully saturated rings. The van der Waals surface area contributed by atoms with Crippen LogP contribution in [0.3, 0.4) is 0 Å². The maximum Gasteiger partial charge on any atom is 0.404 e. The Bertz CT molecular complexity index is 424. The molecule has 1 aliphatic rings. The molecule has 0 spiro atoms. The van der Waals surface area contributed by atoms with Crippen LogP contribution < -0.4 is 5.73 Å². The standard InChI is InChI=1S/C15H22N2O3S/c16-15(18)20-13(6-7-17-8-10-19-11-9-17)12-21-14-4-2-1-3-5-14/h1-5,13H,6-12H2,(H2,16,18). The molecule has 2 N–H and O–H groups in total. The SMILES string of the molecule is NC(=O)OC(CCN1CCOCC1)CSc1ccccc1. The van der Waals surface area contributed by atoms with Crippen molar-refractivity contribution in [1.82, 2.24) is 4.90 Å². The van der Waals surface area contributed by atoms with E-state index in [0.717, 1.165) is 45.0 Å². The molecule has 1 amide bonds. The summed E-state index contributed by atoms with van der Waals surface area (Å²) in [5.74, 6) is 0.720. The number of nitrogens with zero attached hydrogens (tertiary/aromatic N) is 1. The van der Waals surface area contributed by atoms with Gasteiger partial charge in [-0.1, -0.05) is 18.2 Å². The lowest BCUT2D eigenvalue weighted by molar-refractivity contribution is 0.0299. The van der Waals surface area contributed by atoms with Crippen molar-refractivity contribution in [2.45, 2.75) is 17.4 Å². The molecule has 1 aromatic carbocycles. The lowest BCUT2D eigenvalue weighted by atomic mass is 10.2. The average molecular weight is 310 g/mol. The van der Waals surface area contributed by atoms with Crippen LogP contribution >= 0.6 is 11.8 Å². The minimum atomic E-state index is -0.698. The largest absolute Gasteiger partial charge is 0.445 e. The third-order valence-electron chi connectivity index (χ3n) is 3.33. The summed E-state index contributed by atoms with van der Waals surface area (Å²) in [7, 11) is 0. The Morgan fingerprint density at radius 3 is 2.71 bits per heavy atom. The average Bonchev–Trinajstić information content (AvgIpc) is 2.51. The van der Waals surface area contributed by atoms with Gasteiger partial charge >= 0.3 is 6.09 Å².